The number of ether oxygens (including phenoxy) is 2. The van der Waals surface area contributed by atoms with Crippen molar-refractivity contribution in [1.29, 1.82) is 0 Å². The van der Waals surface area contributed by atoms with Gasteiger partial charge in [-0.1, -0.05) is 18.2 Å². The highest BCUT2D eigenvalue weighted by Crippen LogP contribution is 2.33. The summed E-state index contributed by atoms with van der Waals surface area (Å²) < 4.78 is 10.1. The van der Waals surface area contributed by atoms with Gasteiger partial charge in [-0.15, -0.1) is 0 Å². The van der Waals surface area contributed by atoms with Gasteiger partial charge >= 0.3 is 11.9 Å². The maximum Gasteiger partial charge on any atom is 0.341 e. The Bertz CT molecular complexity index is 790. The molecule has 0 saturated carbocycles. The summed E-state index contributed by atoms with van der Waals surface area (Å²) >= 11 is 0. The molecular weight excluding hydrogens is 320 g/mol. The van der Waals surface area contributed by atoms with Gasteiger partial charge in [0.05, 0.1) is 30.8 Å². The van der Waals surface area contributed by atoms with Gasteiger partial charge in [-0.05, 0) is 25.8 Å². The molecule has 1 atom stereocenters. The fourth-order valence-corrected chi connectivity index (χ4v) is 3.36. The maximum atomic E-state index is 12.4. The van der Waals surface area contributed by atoms with Crippen molar-refractivity contribution in [3.63, 3.8) is 0 Å². The van der Waals surface area contributed by atoms with Crippen LogP contribution in [0.3, 0.4) is 0 Å². The molecule has 0 amide bonds. The molecule has 1 saturated heterocycles. The third kappa shape index (κ3) is 3.43. The van der Waals surface area contributed by atoms with Crippen molar-refractivity contribution in [3.8, 4) is 0 Å². The van der Waals surface area contributed by atoms with Crippen molar-refractivity contribution in [2.75, 3.05) is 31.7 Å². The molecule has 2 heterocycles. The van der Waals surface area contributed by atoms with Crippen LogP contribution in [0.4, 0.5) is 5.69 Å². The zero-order chi connectivity index (χ0) is 17.8. The highest BCUT2D eigenvalue weighted by Gasteiger charge is 2.30. The smallest absolute Gasteiger partial charge is 0.341 e. The Morgan fingerprint density at radius 2 is 2.12 bits per heavy atom. The number of pyridine rings is 1. The van der Waals surface area contributed by atoms with E-state index in [1.54, 1.807) is 13.1 Å². The van der Waals surface area contributed by atoms with Crippen molar-refractivity contribution >= 4 is 28.5 Å². The molecule has 1 aliphatic rings. The number of rotatable bonds is 4. The lowest BCUT2D eigenvalue weighted by atomic mass is 9.96. The largest absolute Gasteiger partial charge is 0.469 e. The van der Waals surface area contributed by atoms with E-state index in [9.17, 15) is 9.59 Å². The van der Waals surface area contributed by atoms with Crippen LogP contribution in [0, 0.1) is 5.92 Å². The minimum Gasteiger partial charge on any atom is -0.469 e. The summed E-state index contributed by atoms with van der Waals surface area (Å²) in [6.45, 7) is 3.37. The second-order valence-electron chi connectivity index (χ2n) is 6.07. The highest BCUT2D eigenvalue weighted by atomic mass is 16.5. The number of hydrogen-bond acceptors (Lipinski definition) is 6. The third-order valence-electron chi connectivity index (χ3n) is 4.51. The average Bonchev–Trinajstić information content (AvgIpc) is 2.66. The first-order chi connectivity index (χ1) is 12.2. The van der Waals surface area contributed by atoms with Gasteiger partial charge in [-0.2, -0.15) is 0 Å². The molecule has 0 bridgehead atoms. The molecule has 0 unspecified atom stereocenters. The van der Waals surface area contributed by atoms with Crippen LogP contribution < -0.4 is 4.90 Å². The molecule has 25 heavy (non-hydrogen) atoms. The molecule has 0 radical (unpaired) electrons. The Hall–Kier alpha value is -2.63. The number of anilines is 1. The fraction of sp³-hybridized carbons (Fsp3) is 0.421. The summed E-state index contributed by atoms with van der Waals surface area (Å²) in [5.41, 5.74) is 2.04. The summed E-state index contributed by atoms with van der Waals surface area (Å²) in [5.74, 6) is -0.794. The van der Waals surface area contributed by atoms with E-state index in [-0.39, 0.29) is 11.9 Å². The minimum atomic E-state index is -0.393. The first-order valence-corrected chi connectivity index (χ1v) is 8.53. The molecule has 0 aliphatic carbocycles. The topological polar surface area (TPSA) is 68.7 Å². The third-order valence-corrected chi connectivity index (χ3v) is 4.51. The molecule has 1 aromatic heterocycles. The van der Waals surface area contributed by atoms with Crippen LogP contribution in [0.5, 0.6) is 0 Å². The van der Waals surface area contributed by atoms with Crippen molar-refractivity contribution in [2.45, 2.75) is 19.8 Å². The Kier molecular flexibility index (Phi) is 5.16. The molecule has 1 aliphatic heterocycles. The number of para-hydroxylation sites is 1. The van der Waals surface area contributed by atoms with Crippen LogP contribution in [0.1, 0.15) is 30.1 Å². The maximum absolute atomic E-state index is 12.4. The second-order valence-corrected chi connectivity index (χ2v) is 6.07. The Morgan fingerprint density at radius 3 is 2.88 bits per heavy atom. The van der Waals surface area contributed by atoms with Gasteiger partial charge in [-0.3, -0.25) is 9.78 Å². The van der Waals surface area contributed by atoms with Gasteiger partial charge in [0.15, 0.2) is 0 Å². The quantitative estimate of drug-likeness (QED) is 0.796. The number of carbonyl (C=O) groups is 2. The summed E-state index contributed by atoms with van der Waals surface area (Å²) in [5, 5.41) is 0.888. The molecule has 0 N–H and O–H groups in total. The number of methoxy groups -OCH3 is 1. The van der Waals surface area contributed by atoms with Crippen molar-refractivity contribution < 1.29 is 19.1 Å². The standard InChI is InChI=1S/C19H22N2O4/c1-3-25-19(23)15-11-20-16-9-5-4-8-14(16)17(15)21-10-6-7-13(12-21)18(22)24-2/h4-5,8-9,11,13H,3,6-7,10,12H2,1-2H3/t13-/m0/s1. The molecule has 132 valence electrons. The monoisotopic (exact) mass is 342 g/mol. The summed E-state index contributed by atoms with van der Waals surface area (Å²) in [6, 6.07) is 7.69. The first-order valence-electron chi connectivity index (χ1n) is 8.53. The van der Waals surface area contributed by atoms with Gasteiger partial charge in [0.25, 0.3) is 0 Å². The van der Waals surface area contributed by atoms with Crippen molar-refractivity contribution in [3.05, 3.63) is 36.0 Å². The minimum absolute atomic E-state index is 0.194. The zero-order valence-electron chi connectivity index (χ0n) is 14.5. The van der Waals surface area contributed by atoms with Crippen LogP contribution >= 0.6 is 0 Å². The van der Waals surface area contributed by atoms with E-state index in [2.05, 4.69) is 9.88 Å². The van der Waals surface area contributed by atoms with Crippen LogP contribution in [-0.2, 0) is 14.3 Å². The van der Waals surface area contributed by atoms with Crippen LogP contribution in [0.25, 0.3) is 10.9 Å². The molecule has 6 nitrogen and oxygen atoms in total. The van der Waals surface area contributed by atoms with Crippen molar-refractivity contribution in [2.24, 2.45) is 5.92 Å². The van der Waals surface area contributed by atoms with E-state index in [1.807, 2.05) is 24.3 Å². The number of fused-ring (bicyclic) bond motifs is 1. The molecule has 3 rings (SSSR count). The van der Waals surface area contributed by atoms with Gasteiger partial charge in [0, 0.05) is 24.7 Å². The van der Waals surface area contributed by atoms with Crippen LogP contribution in [0.2, 0.25) is 0 Å². The van der Waals surface area contributed by atoms with E-state index in [0.717, 1.165) is 36.0 Å². The van der Waals surface area contributed by atoms with E-state index in [0.29, 0.717) is 18.7 Å². The van der Waals surface area contributed by atoms with Crippen LogP contribution in [0.15, 0.2) is 30.5 Å². The number of esters is 2. The van der Waals surface area contributed by atoms with E-state index in [1.165, 1.54) is 7.11 Å². The van der Waals surface area contributed by atoms with Gasteiger partial charge in [0.2, 0.25) is 0 Å². The zero-order valence-corrected chi connectivity index (χ0v) is 14.5. The van der Waals surface area contributed by atoms with Gasteiger partial charge in [-0.25, -0.2) is 4.79 Å². The SMILES string of the molecule is CCOC(=O)c1cnc2ccccc2c1N1CCC[C@H](C(=O)OC)C1. The van der Waals surface area contributed by atoms with Crippen molar-refractivity contribution in [1.82, 2.24) is 4.98 Å². The molecule has 1 aromatic carbocycles. The second kappa shape index (κ2) is 7.51. The number of aromatic nitrogens is 1. The number of hydrogen-bond donors (Lipinski definition) is 0. The number of carbonyl (C=O) groups excluding carboxylic acids is 2. The Balaban J connectivity index is 2.07. The lowest BCUT2D eigenvalue weighted by Gasteiger charge is -2.34. The molecular formula is C19H22N2O4. The first kappa shape index (κ1) is 17.2. The normalized spacial score (nSPS) is 17.4. The van der Waals surface area contributed by atoms with Crippen LogP contribution in [-0.4, -0.2) is 43.7 Å². The highest BCUT2D eigenvalue weighted by molar-refractivity contribution is 6.05. The Morgan fingerprint density at radius 1 is 1.32 bits per heavy atom. The molecule has 2 aromatic rings. The van der Waals surface area contributed by atoms with Gasteiger partial charge in [0.1, 0.15) is 5.56 Å². The lowest BCUT2D eigenvalue weighted by Crippen LogP contribution is -2.40. The lowest BCUT2D eigenvalue weighted by molar-refractivity contribution is -0.145. The summed E-state index contributed by atoms with van der Waals surface area (Å²) in [6.07, 6.45) is 3.22. The number of benzene rings is 1. The van der Waals surface area contributed by atoms with E-state index < -0.39 is 5.97 Å². The molecule has 1 fully saturated rings. The predicted molar refractivity (Wildman–Crippen MR) is 94.7 cm³/mol. The molecule has 0 spiro atoms. The fourth-order valence-electron chi connectivity index (χ4n) is 3.36. The molecule has 6 heteroatoms. The number of piperidine rings is 1. The van der Waals surface area contributed by atoms with E-state index in [4.69, 9.17) is 9.47 Å². The number of nitrogens with zero attached hydrogens (tertiary/aromatic N) is 2. The average molecular weight is 342 g/mol. The Labute approximate surface area is 146 Å². The van der Waals surface area contributed by atoms with Gasteiger partial charge < -0.3 is 14.4 Å². The predicted octanol–water partition coefficient (Wildman–Crippen LogP) is 2.80. The summed E-state index contributed by atoms with van der Waals surface area (Å²) in [4.78, 5) is 30.9. The summed E-state index contributed by atoms with van der Waals surface area (Å²) in [7, 11) is 1.41. The van der Waals surface area contributed by atoms with E-state index >= 15 is 0 Å².